The maximum absolute atomic E-state index is 14.2. The molecular weight excluding hydrogens is 420 g/mol. The van der Waals surface area contributed by atoms with Gasteiger partial charge >= 0.3 is 5.97 Å². The quantitative estimate of drug-likeness (QED) is 0.345. The minimum absolute atomic E-state index is 0.130. The molecule has 0 aromatic heterocycles. The number of carbonyl (C=O) groups is 2. The van der Waals surface area contributed by atoms with Crippen molar-refractivity contribution in [2.75, 3.05) is 0 Å². The molecule has 1 aliphatic carbocycles. The zero-order chi connectivity index (χ0) is 25.9. The Hall–Kier alpha value is -2.16. The van der Waals surface area contributed by atoms with Crippen molar-refractivity contribution in [1.29, 1.82) is 0 Å². The summed E-state index contributed by atoms with van der Waals surface area (Å²) in [4.78, 5) is 26.5. The third-order valence-electron chi connectivity index (χ3n) is 6.79. The summed E-state index contributed by atoms with van der Waals surface area (Å²) in [6.07, 6.45) is 5.35. The van der Waals surface area contributed by atoms with Crippen LogP contribution in [0.4, 0.5) is 0 Å². The van der Waals surface area contributed by atoms with E-state index in [1.54, 1.807) is 0 Å². The molecule has 3 heteroatoms. The zero-order valence-electron chi connectivity index (χ0n) is 23.2. The average molecular weight is 466 g/mol. The van der Waals surface area contributed by atoms with E-state index in [0.717, 1.165) is 22.3 Å². The number of ether oxygens (including phenoxy) is 1. The van der Waals surface area contributed by atoms with E-state index in [-0.39, 0.29) is 23.5 Å². The van der Waals surface area contributed by atoms with Gasteiger partial charge in [0.25, 0.3) is 0 Å². The summed E-state index contributed by atoms with van der Waals surface area (Å²) in [5.74, 6) is 1.12. The first kappa shape index (κ1) is 28.1. The van der Waals surface area contributed by atoms with E-state index in [0.29, 0.717) is 23.3 Å². The van der Waals surface area contributed by atoms with E-state index in [1.807, 2.05) is 6.08 Å². The van der Waals surface area contributed by atoms with Crippen molar-refractivity contribution in [2.45, 2.75) is 100 Å². The van der Waals surface area contributed by atoms with Crippen LogP contribution >= 0.6 is 0 Å². The van der Waals surface area contributed by atoms with Gasteiger partial charge < -0.3 is 4.74 Å². The van der Waals surface area contributed by atoms with Crippen LogP contribution in [0.2, 0.25) is 0 Å². The molecule has 0 aliphatic heterocycles. The molecule has 0 spiro atoms. The lowest BCUT2D eigenvalue weighted by Gasteiger charge is -2.30. The number of hydrogen-bond donors (Lipinski definition) is 0. The van der Waals surface area contributed by atoms with E-state index >= 15 is 0 Å². The summed E-state index contributed by atoms with van der Waals surface area (Å²) >= 11 is 0. The highest BCUT2D eigenvalue weighted by Crippen LogP contribution is 2.41. The Balaban J connectivity index is 2.78. The summed E-state index contributed by atoms with van der Waals surface area (Å²) in [6, 6.07) is 4.41. The molecule has 0 N–H and O–H groups in total. The number of ketones is 1. The van der Waals surface area contributed by atoms with Crippen LogP contribution in [-0.4, -0.2) is 11.8 Å². The molecule has 1 radical (unpaired) electrons. The number of rotatable bonds is 9. The lowest BCUT2D eigenvalue weighted by Crippen LogP contribution is -2.26. The van der Waals surface area contributed by atoms with Crippen molar-refractivity contribution in [1.82, 2.24) is 0 Å². The monoisotopic (exact) mass is 465 g/mol. The minimum atomic E-state index is -0.953. The van der Waals surface area contributed by atoms with Gasteiger partial charge in [-0.25, -0.2) is 0 Å². The van der Waals surface area contributed by atoms with Crippen molar-refractivity contribution in [3.8, 4) is 0 Å². The zero-order valence-corrected chi connectivity index (χ0v) is 23.2. The summed E-state index contributed by atoms with van der Waals surface area (Å²) in [7, 11) is 0. The molecule has 2 atom stereocenters. The van der Waals surface area contributed by atoms with Gasteiger partial charge in [-0.3, -0.25) is 9.59 Å². The SMILES string of the molecule is CC(=O)OC(C(=O)C1=C(C(C)C)[CH]C(C(C)C)C=C1)c1c(C(C)C)cc(C(C)C)cc1C(C)C. The van der Waals surface area contributed by atoms with E-state index in [4.69, 9.17) is 4.74 Å². The van der Waals surface area contributed by atoms with Crippen LogP contribution in [0.1, 0.15) is 122 Å². The summed E-state index contributed by atoms with van der Waals surface area (Å²) in [5, 5.41) is 0. The number of allylic oxidation sites excluding steroid dienone is 3. The molecule has 2 rings (SSSR count). The second-order valence-corrected chi connectivity index (χ2v) is 11.3. The average Bonchev–Trinajstić information content (AvgIpc) is 2.75. The first-order valence-corrected chi connectivity index (χ1v) is 12.9. The van der Waals surface area contributed by atoms with Gasteiger partial charge in [0.15, 0.2) is 6.10 Å². The van der Waals surface area contributed by atoms with Gasteiger partial charge in [0.1, 0.15) is 0 Å². The van der Waals surface area contributed by atoms with E-state index in [2.05, 4.69) is 93.9 Å². The van der Waals surface area contributed by atoms with Gasteiger partial charge in [-0.1, -0.05) is 99.1 Å². The fourth-order valence-electron chi connectivity index (χ4n) is 4.66. The van der Waals surface area contributed by atoms with Gasteiger partial charge in [-0.15, -0.1) is 0 Å². The van der Waals surface area contributed by atoms with Crippen LogP contribution in [-0.2, 0) is 14.3 Å². The van der Waals surface area contributed by atoms with E-state index in [1.165, 1.54) is 12.5 Å². The Morgan fingerprint density at radius 3 is 1.71 bits per heavy atom. The van der Waals surface area contributed by atoms with Crippen LogP contribution in [0.15, 0.2) is 35.4 Å². The maximum atomic E-state index is 14.2. The molecule has 0 saturated carbocycles. The molecule has 1 aromatic rings. The van der Waals surface area contributed by atoms with Crippen LogP contribution in [0.5, 0.6) is 0 Å². The summed E-state index contributed by atoms with van der Waals surface area (Å²) < 4.78 is 5.87. The smallest absolute Gasteiger partial charge is 0.303 e. The second kappa shape index (κ2) is 11.5. The molecule has 0 fully saturated rings. The first-order chi connectivity index (χ1) is 15.8. The molecule has 34 heavy (non-hydrogen) atoms. The van der Waals surface area contributed by atoms with Gasteiger partial charge in [0.2, 0.25) is 5.78 Å². The molecule has 2 unspecified atom stereocenters. The summed E-state index contributed by atoms with van der Waals surface area (Å²) in [6.45, 7) is 23.0. The molecule has 3 nitrogen and oxygen atoms in total. The molecule has 1 aromatic carbocycles. The van der Waals surface area contributed by atoms with Crippen LogP contribution in [0.25, 0.3) is 0 Å². The van der Waals surface area contributed by atoms with Gasteiger partial charge in [0.05, 0.1) is 0 Å². The number of Topliss-reactive ketones (excluding diaryl/α,β-unsaturated/α-hetero) is 1. The fraction of sp³-hybridized carbons (Fsp3) is 0.581. The van der Waals surface area contributed by atoms with Crippen LogP contribution in [0, 0.1) is 24.2 Å². The third kappa shape index (κ3) is 6.29. The molecular formula is C31H45O3. The Morgan fingerprint density at radius 1 is 0.794 bits per heavy atom. The largest absolute Gasteiger partial charge is 0.449 e. The maximum Gasteiger partial charge on any atom is 0.303 e. The Kier molecular flexibility index (Phi) is 9.51. The number of hydrogen-bond acceptors (Lipinski definition) is 3. The molecule has 0 heterocycles. The van der Waals surface area contributed by atoms with Crippen molar-refractivity contribution in [3.05, 3.63) is 64.1 Å². The van der Waals surface area contributed by atoms with Gasteiger partial charge in [0, 0.05) is 18.1 Å². The van der Waals surface area contributed by atoms with Gasteiger partial charge in [-0.05, 0) is 58.6 Å². The highest BCUT2D eigenvalue weighted by atomic mass is 16.5. The van der Waals surface area contributed by atoms with Crippen molar-refractivity contribution in [3.63, 3.8) is 0 Å². The minimum Gasteiger partial charge on any atom is -0.449 e. The number of carbonyl (C=O) groups excluding carboxylic acids is 2. The highest BCUT2D eigenvalue weighted by molar-refractivity contribution is 6.04. The number of benzene rings is 1. The van der Waals surface area contributed by atoms with Crippen molar-refractivity contribution in [2.24, 2.45) is 17.8 Å². The third-order valence-corrected chi connectivity index (χ3v) is 6.79. The molecule has 1 aliphatic rings. The lowest BCUT2D eigenvalue weighted by molar-refractivity contribution is -0.152. The fourth-order valence-corrected chi connectivity index (χ4v) is 4.66. The number of esters is 1. The lowest BCUT2D eigenvalue weighted by atomic mass is 9.76. The van der Waals surface area contributed by atoms with Crippen LogP contribution in [0.3, 0.4) is 0 Å². The topological polar surface area (TPSA) is 43.4 Å². The second-order valence-electron chi connectivity index (χ2n) is 11.3. The summed E-state index contributed by atoms with van der Waals surface area (Å²) in [5.41, 5.74) is 5.99. The van der Waals surface area contributed by atoms with Crippen molar-refractivity contribution >= 4 is 11.8 Å². The predicted molar refractivity (Wildman–Crippen MR) is 142 cm³/mol. The Bertz CT molecular complexity index is 928. The Morgan fingerprint density at radius 2 is 1.32 bits per heavy atom. The standard InChI is InChI=1S/C31H45O3/c1-17(2)23-12-13-25(26(14-23)19(5)6)30(33)31(34-22(11)32)29-27(20(7)8)15-24(18(3)4)16-28(29)21(9)10/h12-21,23,31H,1-11H3. The molecule has 0 saturated heterocycles. The predicted octanol–water partition coefficient (Wildman–Crippen LogP) is 8.23. The normalized spacial score (nSPS) is 17.5. The van der Waals surface area contributed by atoms with Crippen molar-refractivity contribution < 1.29 is 14.3 Å². The Labute approximate surface area is 208 Å². The van der Waals surface area contributed by atoms with Crippen LogP contribution < -0.4 is 0 Å². The van der Waals surface area contributed by atoms with E-state index < -0.39 is 12.1 Å². The van der Waals surface area contributed by atoms with Gasteiger partial charge in [-0.2, -0.15) is 0 Å². The molecule has 0 amide bonds. The first-order valence-electron chi connectivity index (χ1n) is 12.9. The van der Waals surface area contributed by atoms with E-state index in [9.17, 15) is 9.59 Å². The molecule has 0 bridgehead atoms. The highest BCUT2D eigenvalue weighted by Gasteiger charge is 2.35. The molecule has 187 valence electrons.